The lowest BCUT2D eigenvalue weighted by atomic mass is 10.1. The third-order valence-corrected chi connectivity index (χ3v) is 8.92. The van der Waals surface area contributed by atoms with Crippen LogP contribution in [0.1, 0.15) is 37.6 Å². The molecule has 0 aliphatic carbocycles. The standard InChI is InChI=1S/C36H49N7O5/c1-4-5-11-31-39-34-35(29-9-6-7-10-30(29)38-36(34)37)43(31)17-8-16-42(24-27-12-14-28(15-13-27)48-26-33(45)47-3)32(44)25-41-20-18-40(19-21-41)22-23-46-2/h6-7,9-10,12-15H,4-5,8,11,16-26H2,1-3H3,(H2,37,38). The molecule has 3 heterocycles. The quantitative estimate of drug-likeness (QED) is 0.168. The third kappa shape index (κ3) is 9.00. The molecule has 1 saturated heterocycles. The molecule has 1 amide bonds. The number of ether oxygens (including phenoxy) is 3. The van der Waals surface area contributed by atoms with Gasteiger partial charge < -0.3 is 29.4 Å². The first-order valence-corrected chi connectivity index (χ1v) is 16.9. The van der Waals surface area contributed by atoms with Crippen LogP contribution in [-0.2, 0) is 38.6 Å². The van der Waals surface area contributed by atoms with Crippen LogP contribution < -0.4 is 10.5 Å². The van der Waals surface area contributed by atoms with Gasteiger partial charge in [0, 0.05) is 71.3 Å². The zero-order valence-electron chi connectivity index (χ0n) is 28.5. The molecular formula is C36H49N7O5. The molecule has 1 aliphatic rings. The van der Waals surface area contributed by atoms with E-state index in [2.05, 4.69) is 37.1 Å². The molecule has 0 radical (unpaired) electrons. The number of pyridine rings is 1. The van der Waals surface area contributed by atoms with Gasteiger partial charge in [-0.25, -0.2) is 14.8 Å². The zero-order chi connectivity index (χ0) is 33.9. The number of hydrogen-bond donors (Lipinski definition) is 1. The number of rotatable bonds is 17. The van der Waals surface area contributed by atoms with Crippen LogP contribution in [0.15, 0.2) is 48.5 Å². The number of anilines is 1. The van der Waals surface area contributed by atoms with Crippen molar-refractivity contribution in [1.29, 1.82) is 0 Å². The first kappa shape index (κ1) is 35.1. The van der Waals surface area contributed by atoms with E-state index in [1.54, 1.807) is 7.11 Å². The molecule has 2 N–H and O–H groups in total. The summed E-state index contributed by atoms with van der Waals surface area (Å²) in [5.74, 6) is 1.68. The maximum Gasteiger partial charge on any atom is 0.343 e. The molecule has 1 fully saturated rings. The Morgan fingerprint density at radius 1 is 0.938 bits per heavy atom. The lowest BCUT2D eigenvalue weighted by Crippen LogP contribution is -2.50. The summed E-state index contributed by atoms with van der Waals surface area (Å²) >= 11 is 0. The van der Waals surface area contributed by atoms with E-state index in [1.807, 2.05) is 47.4 Å². The van der Waals surface area contributed by atoms with Gasteiger partial charge in [0.1, 0.15) is 17.1 Å². The second-order valence-electron chi connectivity index (χ2n) is 12.3. The number of para-hydroxylation sites is 1. The van der Waals surface area contributed by atoms with Crippen molar-refractivity contribution in [3.8, 4) is 5.75 Å². The van der Waals surface area contributed by atoms with Crippen molar-refractivity contribution in [2.24, 2.45) is 0 Å². The largest absolute Gasteiger partial charge is 0.482 e. The number of carbonyl (C=O) groups is 2. The molecule has 0 unspecified atom stereocenters. The molecule has 258 valence electrons. The summed E-state index contributed by atoms with van der Waals surface area (Å²) in [5, 5.41) is 1.03. The highest BCUT2D eigenvalue weighted by atomic mass is 16.6. The Bertz CT molecular complexity index is 1650. The van der Waals surface area contributed by atoms with E-state index in [1.165, 1.54) is 7.11 Å². The average molecular weight is 660 g/mol. The smallest absolute Gasteiger partial charge is 0.343 e. The van der Waals surface area contributed by atoms with Crippen LogP contribution in [-0.4, -0.2) is 114 Å². The van der Waals surface area contributed by atoms with Crippen LogP contribution >= 0.6 is 0 Å². The molecule has 4 aromatic rings. The highest BCUT2D eigenvalue weighted by Crippen LogP contribution is 2.29. The van der Waals surface area contributed by atoms with E-state index in [9.17, 15) is 9.59 Å². The molecule has 48 heavy (non-hydrogen) atoms. The Morgan fingerprint density at radius 3 is 2.42 bits per heavy atom. The lowest BCUT2D eigenvalue weighted by Gasteiger charge is -2.35. The number of methoxy groups -OCH3 is 2. The second-order valence-corrected chi connectivity index (χ2v) is 12.3. The highest BCUT2D eigenvalue weighted by Gasteiger charge is 2.23. The number of hydrogen-bond acceptors (Lipinski definition) is 10. The number of nitrogens with zero attached hydrogens (tertiary/aromatic N) is 6. The highest BCUT2D eigenvalue weighted by molar-refractivity contribution is 6.06. The minimum Gasteiger partial charge on any atom is -0.482 e. The Morgan fingerprint density at radius 2 is 1.69 bits per heavy atom. The van der Waals surface area contributed by atoms with Gasteiger partial charge in [-0.1, -0.05) is 43.7 Å². The van der Waals surface area contributed by atoms with Gasteiger partial charge in [0.15, 0.2) is 12.4 Å². The Labute approximate surface area is 282 Å². The summed E-state index contributed by atoms with van der Waals surface area (Å²) in [6, 6.07) is 15.6. The van der Waals surface area contributed by atoms with E-state index in [-0.39, 0.29) is 12.5 Å². The van der Waals surface area contributed by atoms with Crippen molar-refractivity contribution in [3.05, 3.63) is 59.9 Å². The number of aryl methyl sites for hydroxylation is 2. The third-order valence-electron chi connectivity index (χ3n) is 8.92. The van der Waals surface area contributed by atoms with Crippen LogP contribution in [0.3, 0.4) is 0 Å². The van der Waals surface area contributed by atoms with E-state index in [0.29, 0.717) is 44.4 Å². The summed E-state index contributed by atoms with van der Waals surface area (Å²) in [5.41, 5.74) is 10.0. The number of fused-ring (bicyclic) bond motifs is 3. The number of benzene rings is 2. The lowest BCUT2D eigenvalue weighted by molar-refractivity contribution is -0.143. The fourth-order valence-electron chi connectivity index (χ4n) is 6.18. The van der Waals surface area contributed by atoms with Crippen molar-refractivity contribution in [2.75, 3.05) is 79.0 Å². The van der Waals surface area contributed by atoms with Gasteiger partial charge in [0.2, 0.25) is 5.91 Å². The Balaban J connectivity index is 1.32. The molecule has 0 atom stereocenters. The molecule has 1 aliphatic heterocycles. The van der Waals surface area contributed by atoms with Gasteiger partial charge in [0.05, 0.1) is 31.3 Å². The van der Waals surface area contributed by atoms with Crippen molar-refractivity contribution in [1.82, 2.24) is 29.2 Å². The number of esters is 1. The molecular weight excluding hydrogens is 610 g/mol. The van der Waals surface area contributed by atoms with Gasteiger partial charge in [-0.2, -0.15) is 0 Å². The fourth-order valence-corrected chi connectivity index (χ4v) is 6.18. The predicted octanol–water partition coefficient (Wildman–Crippen LogP) is 3.74. The maximum absolute atomic E-state index is 13.9. The number of piperazine rings is 1. The number of aromatic nitrogens is 3. The van der Waals surface area contributed by atoms with E-state index in [4.69, 9.17) is 20.2 Å². The summed E-state index contributed by atoms with van der Waals surface area (Å²) in [6.45, 7) is 9.31. The maximum atomic E-state index is 13.9. The topological polar surface area (TPSA) is 128 Å². The second kappa shape index (κ2) is 17.2. The molecule has 5 rings (SSSR count). The van der Waals surface area contributed by atoms with Crippen LogP contribution in [0.4, 0.5) is 5.82 Å². The summed E-state index contributed by atoms with van der Waals surface area (Å²) in [7, 11) is 3.06. The number of nitrogens with two attached hydrogens (primary N) is 1. The van der Waals surface area contributed by atoms with Gasteiger partial charge in [-0.3, -0.25) is 14.6 Å². The Hall–Kier alpha value is -4.26. The van der Waals surface area contributed by atoms with Crippen LogP contribution in [0, 0.1) is 0 Å². The van der Waals surface area contributed by atoms with Crippen molar-refractivity contribution in [3.63, 3.8) is 0 Å². The number of imidazole rings is 1. The normalized spacial score (nSPS) is 14.1. The first-order chi connectivity index (χ1) is 23.4. The van der Waals surface area contributed by atoms with Gasteiger partial charge >= 0.3 is 5.97 Å². The van der Waals surface area contributed by atoms with Gasteiger partial charge in [-0.05, 0) is 36.6 Å². The summed E-state index contributed by atoms with van der Waals surface area (Å²) in [4.78, 5) is 41.6. The van der Waals surface area contributed by atoms with Crippen molar-refractivity contribution >= 4 is 39.6 Å². The SMILES string of the molecule is CCCCc1nc2c(N)nc3ccccc3c2n1CCCN(Cc1ccc(OCC(=O)OC)cc1)C(=O)CN1CCN(CCOC)CC1. The van der Waals surface area contributed by atoms with E-state index in [0.717, 1.165) is 91.7 Å². The molecule has 2 aromatic carbocycles. The summed E-state index contributed by atoms with van der Waals surface area (Å²) < 4.78 is 17.7. The Kier molecular flexibility index (Phi) is 12.6. The monoisotopic (exact) mass is 659 g/mol. The zero-order valence-corrected chi connectivity index (χ0v) is 28.5. The van der Waals surface area contributed by atoms with Crippen molar-refractivity contribution < 1.29 is 23.8 Å². The van der Waals surface area contributed by atoms with E-state index >= 15 is 0 Å². The van der Waals surface area contributed by atoms with E-state index < -0.39 is 5.97 Å². The number of amides is 1. The molecule has 0 bridgehead atoms. The number of carbonyl (C=O) groups excluding carboxylic acids is 2. The molecule has 0 saturated carbocycles. The summed E-state index contributed by atoms with van der Waals surface area (Å²) in [6.07, 6.45) is 3.69. The van der Waals surface area contributed by atoms with Gasteiger partial charge in [0.25, 0.3) is 0 Å². The van der Waals surface area contributed by atoms with Crippen LogP contribution in [0.2, 0.25) is 0 Å². The average Bonchev–Trinajstić information content (AvgIpc) is 3.48. The van der Waals surface area contributed by atoms with Crippen LogP contribution in [0.5, 0.6) is 5.75 Å². The molecule has 2 aromatic heterocycles. The minimum absolute atomic E-state index is 0.104. The van der Waals surface area contributed by atoms with Crippen LogP contribution in [0.25, 0.3) is 21.9 Å². The number of nitrogen functional groups attached to an aromatic ring is 1. The first-order valence-electron chi connectivity index (χ1n) is 16.9. The molecule has 0 spiro atoms. The molecule has 12 heteroatoms. The number of unbranched alkanes of at least 4 members (excludes halogenated alkanes) is 1. The van der Waals surface area contributed by atoms with Crippen molar-refractivity contribution in [2.45, 2.75) is 45.7 Å². The molecule has 12 nitrogen and oxygen atoms in total. The minimum atomic E-state index is -0.439. The fraction of sp³-hybridized carbons (Fsp3) is 0.500. The van der Waals surface area contributed by atoms with Gasteiger partial charge in [-0.15, -0.1) is 0 Å². The predicted molar refractivity (Wildman–Crippen MR) is 187 cm³/mol.